The maximum absolute atomic E-state index is 12.5. The van der Waals surface area contributed by atoms with E-state index in [2.05, 4.69) is 21.7 Å². The molecule has 0 unspecified atom stereocenters. The number of fused-ring (bicyclic) bond motifs is 1. The first-order valence-electron chi connectivity index (χ1n) is 9.44. The fourth-order valence-electron chi connectivity index (χ4n) is 3.66. The first-order valence-corrected chi connectivity index (χ1v) is 9.44. The number of hydrogen-bond acceptors (Lipinski definition) is 3. The molecule has 4 aromatic rings. The minimum atomic E-state index is -0.409. The SMILES string of the molecule is O=C1NC(c2ccccc2)=C(c2ccc3ccccc3n2)[C@H](c2ccccn2)N1. The Morgan fingerprint density at radius 3 is 2.41 bits per heavy atom. The summed E-state index contributed by atoms with van der Waals surface area (Å²) in [5, 5.41) is 7.08. The quantitative estimate of drug-likeness (QED) is 0.549. The van der Waals surface area contributed by atoms with Gasteiger partial charge in [-0.15, -0.1) is 0 Å². The number of rotatable bonds is 3. The summed E-state index contributed by atoms with van der Waals surface area (Å²) >= 11 is 0. The molecule has 0 aliphatic carbocycles. The summed E-state index contributed by atoms with van der Waals surface area (Å²) in [5.41, 5.74) is 5.02. The van der Waals surface area contributed by atoms with Crippen LogP contribution in [0.25, 0.3) is 22.2 Å². The van der Waals surface area contributed by atoms with Crippen LogP contribution in [0.1, 0.15) is 23.0 Å². The Hall–Kier alpha value is -3.99. The number of urea groups is 1. The highest BCUT2D eigenvalue weighted by Crippen LogP contribution is 2.36. The van der Waals surface area contributed by atoms with Gasteiger partial charge in [0.2, 0.25) is 0 Å². The molecular weight excluding hydrogens is 360 g/mol. The van der Waals surface area contributed by atoms with Crippen molar-refractivity contribution in [1.82, 2.24) is 20.6 Å². The largest absolute Gasteiger partial charge is 0.325 e. The third-order valence-corrected chi connectivity index (χ3v) is 4.99. The van der Waals surface area contributed by atoms with E-state index in [9.17, 15) is 4.79 Å². The van der Waals surface area contributed by atoms with Crippen LogP contribution in [0.15, 0.2) is 91.1 Å². The molecule has 0 bridgehead atoms. The summed E-state index contributed by atoms with van der Waals surface area (Å²) in [5.74, 6) is 0. The molecule has 0 saturated heterocycles. The van der Waals surface area contributed by atoms with Gasteiger partial charge in [-0.05, 0) is 29.8 Å². The van der Waals surface area contributed by atoms with Crippen LogP contribution in [0.4, 0.5) is 4.79 Å². The van der Waals surface area contributed by atoms with E-state index >= 15 is 0 Å². The number of aromatic nitrogens is 2. The Morgan fingerprint density at radius 2 is 1.59 bits per heavy atom. The summed E-state index contributed by atoms with van der Waals surface area (Å²) in [6, 6.07) is 26.9. The molecule has 29 heavy (non-hydrogen) atoms. The van der Waals surface area contributed by atoms with Crippen molar-refractivity contribution in [3.05, 3.63) is 108 Å². The van der Waals surface area contributed by atoms with E-state index < -0.39 is 6.04 Å². The molecule has 2 aromatic carbocycles. The van der Waals surface area contributed by atoms with Crippen LogP contribution in [0.5, 0.6) is 0 Å². The molecule has 0 radical (unpaired) electrons. The molecule has 5 heteroatoms. The highest BCUT2D eigenvalue weighted by atomic mass is 16.2. The van der Waals surface area contributed by atoms with Crippen molar-refractivity contribution in [2.45, 2.75) is 6.04 Å². The molecule has 5 nitrogen and oxygen atoms in total. The van der Waals surface area contributed by atoms with Crippen LogP contribution in [0, 0.1) is 0 Å². The third kappa shape index (κ3) is 3.23. The van der Waals surface area contributed by atoms with Crippen molar-refractivity contribution < 1.29 is 4.79 Å². The second-order valence-corrected chi connectivity index (χ2v) is 6.83. The molecule has 1 aliphatic heterocycles. The molecule has 3 heterocycles. The van der Waals surface area contributed by atoms with E-state index in [4.69, 9.17) is 4.98 Å². The van der Waals surface area contributed by atoms with Crippen molar-refractivity contribution in [3.8, 4) is 0 Å². The van der Waals surface area contributed by atoms with Crippen LogP contribution < -0.4 is 10.6 Å². The number of amides is 2. The van der Waals surface area contributed by atoms with E-state index in [1.165, 1.54) is 0 Å². The number of carbonyl (C=O) groups is 1. The number of hydrogen-bond donors (Lipinski definition) is 2. The first kappa shape index (κ1) is 17.1. The number of para-hydroxylation sites is 1. The topological polar surface area (TPSA) is 66.9 Å². The van der Waals surface area contributed by atoms with Gasteiger partial charge in [-0.3, -0.25) is 4.98 Å². The van der Waals surface area contributed by atoms with E-state index in [0.717, 1.165) is 39.1 Å². The van der Waals surface area contributed by atoms with Gasteiger partial charge < -0.3 is 10.6 Å². The van der Waals surface area contributed by atoms with Gasteiger partial charge >= 0.3 is 6.03 Å². The van der Waals surface area contributed by atoms with Gasteiger partial charge in [0.1, 0.15) is 6.04 Å². The molecule has 5 rings (SSSR count). The summed E-state index contributed by atoms with van der Waals surface area (Å²) in [6.07, 6.45) is 1.73. The second-order valence-electron chi connectivity index (χ2n) is 6.83. The molecule has 0 spiro atoms. The Morgan fingerprint density at radius 1 is 0.793 bits per heavy atom. The first-order chi connectivity index (χ1) is 14.3. The summed E-state index contributed by atoms with van der Waals surface area (Å²) < 4.78 is 0. The predicted octanol–water partition coefficient (Wildman–Crippen LogP) is 4.55. The van der Waals surface area contributed by atoms with Gasteiger partial charge in [-0.25, -0.2) is 9.78 Å². The second kappa shape index (κ2) is 7.20. The van der Waals surface area contributed by atoms with Crippen molar-refractivity contribution in [3.63, 3.8) is 0 Å². The smallest absolute Gasteiger partial charge is 0.320 e. The van der Waals surface area contributed by atoms with Crippen LogP contribution in [0.3, 0.4) is 0 Å². The lowest BCUT2D eigenvalue weighted by molar-refractivity contribution is 0.242. The van der Waals surface area contributed by atoms with Crippen molar-refractivity contribution >= 4 is 28.2 Å². The third-order valence-electron chi connectivity index (χ3n) is 4.99. The lowest BCUT2D eigenvalue weighted by atomic mass is 9.92. The Bertz CT molecular complexity index is 1220. The molecule has 0 fully saturated rings. The average Bonchev–Trinajstić information content (AvgIpc) is 2.79. The molecule has 2 aromatic heterocycles. The summed E-state index contributed by atoms with van der Waals surface area (Å²) in [4.78, 5) is 21.9. The molecule has 2 N–H and O–H groups in total. The standard InChI is InChI=1S/C24H18N4O/c29-24-27-22(17-9-2-1-3-10-17)21(23(28-24)20-12-6-7-15-25-20)19-14-13-16-8-4-5-11-18(16)26-19/h1-15,23H,(H2,27,28,29)/t23-/m0/s1. The van der Waals surface area contributed by atoms with Crippen LogP contribution in [0.2, 0.25) is 0 Å². The maximum Gasteiger partial charge on any atom is 0.320 e. The Labute approximate surface area is 168 Å². The van der Waals surface area contributed by atoms with Crippen molar-refractivity contribution in [2.75, 3.05) is 0 Å². The van der Waals surface area contributed by atoms with Crippen LogP contribution >= 0.6 is 0 Å². The number of nitrogens with zero attached hydrogens (tertiary/aromatic N) is 2. The van der Waals surface area contributed by atoms with E-state index in [0.29, 0.717) is 0 Å². The zero-order chi connectivity index (χ0) is 19.6. The van der Waals surface area contributed by atoms with Gasteiger partial charge in [0.15, 0.2) is 0 Å². The van der Waals surface area contributed by atoms with E-state index in [1.54, 1.807) is 6.20 Å². The fraction of sp³-hybridized carbons (Fsp3) is 0.0417. The molecule has 1 aliphatic rings. The number of benzene rings is 2. The molecule has 0 saturated carbocycles. The van der Waals surface area contributed by atoms with Gasteiger partial charge in [0, 0.05) is 17.2 Å². The Balaban J connectivity index is 1.78. The van der Waals surface area contributed by atoms with E-state index in [1.807, 2.05) is 78.9 Å². The van der Waals surface area contributed by atoms with Crippen molar-refractivity contribution in [2.24, 2.45) is 0 Å². The summed E-state index contributed by atoms with van der Waals surface area (Å²) in [7, 11) is 0. The Kier molecular flexibility index (Phi) is 4.26. The van der Waals surface area contributed by atoms with Gasteiger partial charge in [0.25, 0.3) is 0 Å². The lowest BCUT2D eigenvalue weighted by Gasteiger charge is -2.30. The maximum atomic E-state index is 12.5. The van der Waals surface area contributed by atoms with Gasteiger partial charge in [-0.1, -0.05) is 60.7 Å². The zero-order valence-corrected chi connectivity index (χ0v) is 15.5. The highest BCUT2D eigenvalue weighted by Gasteiger charge is 2.31. The molecule has 140 valence electrons. The zero-order valence-electron chi connectivity index (χ0n) is 15.5. The minimum Gasteiger partial charge on any atom is -0.325 e. The number of pyridine rings is 2. The van der Waals surface area contributed by atoms with E-state index in [-0.39, 0.29) is 6.03 Å². The molecule has 1 atom stereocenters. The summed E-state index contributed by atoms with van der Waals surface area (Å²) in [6.45, 7) is 0. The highest BCUT2D eigenvalue weighted by molar-refractivity contribution is 6.02. The number of carbonyl (C=O) groups excluding carboxylic acids is 1. The van der Waals surface area contributed by atoms with Gasteiger partial charge in [0.05, 0.1) is 22.6 Å². The van der Waals surface area contributed by atoms with Crippen molar-refractivity contribution in [1.29, 1.82) is 0 Å². The predicted molar refractivity (Wildman–Crippen MR) is 114 cm³/mol. The molecular formula is C24H18N4O. The lowest BCUT2D eigenvalue weighted by Crippen LogP contribution is -2.43. The monoisotopic (exact) mass is 378 g/mol. The average molecular weight is 378 g/mol. The molecule has 2 amide bonds. The van der Waals surface area contributed by atoms with Gasteiger partial charge in [-0.2, -0.15) is 0 Å². The normalized spacial score (nSPS) is 16.4. The number of nitrogens with one attached hydrogen (secondary N) is 2. The van der Waals surface area contributed by atoms with Crippen LogP contribution in [-0.2, 0) is 0 Å². The van der Waals surface area contributed by atoms with Crippen LogP contribution in [-0.4, -0.2) is 16.0 Å². The minimum absolute atomic E-state index is 0.260. The fourth-order valence-corrected chi connectivity index (χ4v) is 3.66.